The summed E-state index contributed by atoms with van der Waals surface area (Å²) < 4.78 is 10.8. The van der Waals surface area contributed by atoms with Crippen LogP contribution in [0.5, 0.6) is 11.5 Å². The predicted molar refractivity (Wildman–Crippen MR) is 97.5 cm³/mol. The van der Waals surface area contributed by atoms with Crippen LogP contribution in [-0.4, -0.2) is 20.1 Å². The second kappa shape index (κ2) is 7.27. The van der Waals surface area contributed by atoms with Crippen molar-refractivity contribution in [1.29, 1.82) is 0 Å². The fourth-order valence-corrected chi connectivity index (χ4v) is 3.48. The molecule has 0 aliphatic heterocycles. The average molecular weight is 333 g/mol. The third-order valence-electron chi connectivity index (χ3n) is 4.47. The molecule has 0 aliphatic carbocycles. The first-order valence-corrected chi connectivity index (χ1v) is 8.32. The molecule has 2 aromatic rings. The zero-order valence-corrected chi connectivity index (χ0v) is 15.5. The van der Waals surface area contributed by atoms with Gasteiger partial charge in [-0.25, -0.2) is 0 Å². The minimum absolute atomic E-state index is 0.158. The number of rotatable bonds is 5. The number of hydrogen-bond donors (Lipinski definition) is 0. The van der Waals surface area contributed by atoms with Crippen molar-refractivity contribution in [3.8, 4) is 11.5 Å². The van der Waals surface area contributed by atoms with Crippen LogP contribution in [0.2, 0.25) is 0 Å². The summed E-state index contributed by atoms with van der Waals surface area (Å²) in [4.78, 5) is 0. The Morgan fingerprint density at radius 2 is 1.13 bits per heavy atom. The highest BCUT2D eigenvalue weighted by Gasteiger charge is 2.20. The van der Waals surface area contributed by atoms with Crippen molar-refractivity contribution < 1.29 is 9.47 Å². The average Bonchev–Trinajstić information content (AvgIpc) is 2.53. The Balaban J connectivity index is 2.57. The third kappa shape index (κ3) is 3.48. The van der Waals surface area contributed by atoms with Crippen molar-refractivity contribution >= 4 is 11.6 Å². The lowest BCUT2D eigenvalue weighted by atomic mass is 9.85. The number of methoxy groups -OCH3 is 2. The lowest BCUT2D eigenvalue weighted by molar-refractivity contribution is 0.411. The van der Waals surface area contributed by atoms with E-state index in [4.69, 9.17) is 21.1 Å². The molecule has 0 bridgehead atoms. The maximum atomic E-state index is 6.37. The van der Waals surface area contributed by atoms with Crippen LogP contribution in [0.3, 0.4) is 0 Å². The van der Waals surface area contributed by atoms with Crippen LogP contribution in [0, 0.1) is 27.7 Å². The Bertz CT molecular complexity index is 648. The van der Waals surface area contributed by atoms with Gasteiger partial charge in [-0.05, 0) is 73.2 Å². The van der Waals surface area contributed by atoms with Crippen molar-refractivity contribution in [2.45, 2.75) is 33.6 Å². The number of hydrogen-bond acceptors (Lipinski definition) is 2. The zero-order valence-electron chi connectivity index (χ0n) is 14.8. The first-order valence-electron chi connectivity index (χ1n) is 7.79. The van der Waals surface area contributed by atoms with E-state index >= 15 is 0 Å². The van der Waals surface area contributed by atoms with Gasteiger partial charge in [0.2, 0.25) is 0 Å². The second-order valence-electron chi connectivity index (χ2n) is 6.06. The van der Waals surface area contributed by atoms with E-state index in [0.29, 0.717) is 5.88 Å². The van der Waals surface area contributed by atoms with Crippen LogP contribution >= 0.6 is 11.6 Å². The van der Waals surface area contributed by atoms with Gasteiger partial charge in [0.1, 0.15) is 11.5 Å². The minimum Gasteiger partial charge on any atom is -0.496 e. The highest BCUT2D eigenvalue weighted by atomic mass is 35.5. The summed E-state index contributed by atoms with van der Waals surface area (Å²) >= 11 is 6.37. The zero-order chi connectivity index (χ0) is 17.1. The topological polar surface area (TPSA) is 18.5 Å². The fourth-order valence-electron chi connectivity index (χ4n) is 3.15. The molecule has 23 heavy (non-hydrogen) atoms. The fraction of sp³-hybridized carbons (Fsp3) is 0.400. The van der Waals surface area contributed by atoms with Gasteiger partial charge in [-0.15, -0.1) is 11.6 Å². The van der Waals surface area contributed by atoms with Gasteiger partial charge in [0.25, 0.3) is 0 Å². The molecule has 0 fully saturated rings. The van der Waals surface area contributed by atoms with Gasteiger partial charge in [0.05, 0.1) is 14.2 Å². The second-order valence-corrected chi connectivity index (χ2v) is 6.37. The standard InChI is InChI=1S/C20H25ClO2/c1-12-9-19(22-5)14(3)7-16(12)18(11-21)17-8-15(4)20(23-6)10-13(17)2/h7-10,18H,11H2,1-6H3. The molecule has 3 heteroatoms. The normalized spacial score (nSPS) is 11.0. The third-order valence-corrected chi connectivity index (χ3v) is 4.78. The molecular weight excluding hydrogens is 308 g/mol. The summed E-state index contributed by atoms with van der Waals surface area (Å²) in [6.07, 6.45) is 0. The van der Waals surface area contributed by atoms with E-state index in [1.165, 1.54) is 22.3 Å². The number of alkyl halides is 1. The quantitative estimate of drug-likeness (QED) is 0.691. The largest absolute Gasteiger partial charge is 0.496 e. The summed E-state index contributed by atoms with van der Waals surface area (Å²) in [5.41, 5.74) is 7.17. The Morgan fingerprint density at radius 3 is 1.43 bits per heavy atom. The minimum atomic E-state index is 0.158. The van der Waals surface area contributed by atoms with Gasteiger partial charge in [-0.1, -0.05) is 12.1 Å². The Hall–Kier alpha value is -1.67. The first kappa shape index (κ1) is 17.7. The molecule has 0 amide bonds. The Labute approximate surface area is 144 Å². The van der Waals surface area contributed by atoms with Gasteiger partial charge in [0, 0.05) is 11.8 Å². The molecule has 2 aromatic carbocycles. The van der Waals surface area contributed by atoms with Crippen LogP contribution in [0.25, 0.3) is 0 Å². The van der Waals surface area contributed by atoms with Gasteiger partial charge < -0.3 is 9.47 Å². The van der Waals surface area contributed by atoms with Gasteiger partial charge in [-0.2, -0.15) is 0 Å². The van der Waals surface area contributed by atoms with Crippen molar-refractivity contribution in [2.75, 3.05) is 20.1 Å². The maximum Gasteiger partial charge on any atom is 0.122 e. The van der Waals surface area contributed by atoms with E-state index in [9.17, 15) is 0 Å². The summed E-state index contributed by atoms with van der Waals surface area (Å²) in [5.74, 6) is 2.54. The number of halogens is 1. The van der Waals surface area contributed by atoms with Crippen LogP contribution in [0.1, 0.15) is 39.3 Å². The molecule has 0 radical (unpaired) electrons. The molecule has 2 rings (SSSR count). The first-order chi connectivity index (χ1) is 10.9. The van der Waals surface area contributed by atoms with E-state index < -0.39 is 0 Å². The highest BCUT2D eigenvalue weighted by molar-refractivity contribution is 6.18. The van der Waals surface area contributed by atoms with Crippen LogP contribution in [-0.2, 0) is 0 Å². The predicted octanol–water partition coefficient (Wildman–Crippen LogP) is 5.31. The monoisotopic (exact) mass is 332 g/mol. The molecule has 0 spiro atoms. The molecule has 0 atom stereocenters. The van der Waals surface area contributed by atoms with Crippen molar-refractivity contribution in [1.82, 2.24) is 0 Å². The SMILES string of the molecule is COc1cc(C)c(C(CCl)c2cc(C)c(OC)cc2C)cc1C. The summed E-state index contributed by atoms with van der Waals surface area (Å²) in [5, 5.41) is 0. The van der Waals surface area contributed by atoms with E-state index in [1.807, 2.05) is 0 Å². The number of benzene rings is 2. The number of aryl methyl sites for hydroxylation is 4. The summed E-state index contributed by atoms with van der Waals surface area (Å²) in [6, 6.07) is 8.58. The molecule has 124 valence electrons. The molecule has 0 N–H and O–H groups in total. The summed E-state index contributed by atoms with van der Waals surface area (Å²) in [7, 11) is 3.41. The Morgan fingerprint density at radius 1 is 0.739 bits per heavy atom. The lowest BCUT2D eigenvalue weighted by Gasteiger charge is -2.22. The van der Waals surface area contributed by atoms with E-state index in [0.717, 1.165) is 22.6 Å². The smallest absolute Gasteiger partial charge is 0.122 e. The van der Waals surface area contributed by atoms with Crippen LogP contribution in [0.15, 0.2) is 24.3 Å². The molecule has 2 nitrogen and oxygen atoms in total. The molecule has 0 saturated heterocycles. The summed E-state index contributed by atoms with van der Waals surface area (Å²) in [6.45, 7) is 8.36. The molecule has 0 aromatic heterocycles. The molecule has 0 heterocycles. The highest BCUT2D eigenvalue weighted by Crippen LogP contribution is 2.36. The molecule has 0 saturated carbocycles. The molecule has 0 unspecified atom stereocenters. The van der Waals surface area contributed by atoms with Crippen LogP contribution < -0.4 is 9.47 Å². The Kier molecular flexibility index (Phi) is 5.59. The van der Waals surface area contributed by atoms with E-state index in [2.05, 4.69) is 52.0 Å². The molecule has 0 aliphatic rings. The van der Waals surface area contributed by atoms with Crippen molar-refractivity contribution in [2.24, 2.45) is 0 Å². The lowest BCUT2D eigenvalue weighted by Crippen LogP contribution is -2.08. The van der Waals surface area contributed by atoms with Gasteiger partial charge >= 0.3 is 0 Å². The number of ether oxygens (including phenoxy) is 2. The maximum absolute atomic E-state index is 6.37. The molecular formula is C20H25ClO2. The van der Waals surface area contributed by atoms with Gasteiger partial charge in [0.15, 0.2) is 0 Å². The van der Waals surface area contributed by atoms with Gasteiger partial charge in [-0.3, -0.25) is 0 Å². The van der Waals surface area contributed by atoms with E-state index in [1.54, 1.807) is 14.2 Å². The van der Waals surface area contributed by atoms with Crippen LogP contribution in [0.4, 0.5) is 0 Å². The van der Waals surface area contributed by atoms with Crippen molar-refractivity contribution in [3.05, 3.63) is 57.6 Å². The van der Waals surface area contributed by atoms with E-state index in [-0.39, 0.29) is 5.92 Å². The van der Waals surface area contributed by atoms with Crippen molar-refractivity contribution in [3.63, 3.8) is 0 Å².